The van der Waals surface area contributed by atoms with Gasteiger partial charge in [-0.2, -0.15) is 0 Å². The summed E-state index contributed by atoms with van der Waals surface area (Å²) in [7, 11) is 0. The van der Waals surface area contributed by atoms with Gasteiger partial charge in [0.1, 0.15) is 5.82 Å². The Hall–Kier alpha value is -2.37. The molecule has 0 aliphatic carbocycles. The van der Waals surface area contributed by atoms with Gasteiger partial charge in [-0.15, -0.1) is 0 Å². The first kappa shape index (κ1) is 13.6. The molecule has 21 heavy (non-hydrogen) atoms. The predicted octanol–water partition coefficient (Wildman–Crippen LogP) is 0.872. The molecule has 0 bridgehead atoms. The second-order valence-electron chi connectivity index (χ2n) is 5.47. The number of aryl methyl sites for hydroxylation is 2. The normalized spacial score (nSPS) is 17.3. The summed E-state index contributed by atoms with van der Waals surface area (Å²) in [5, 5.41) is 2.95. The number of aromatic nitrogens is 3. The number of carbonyl (C=O) groups excluding carboxylic acids is 1. The summed E-state index contributed by atoms with van der Waals surface area (Å²) in [6.45, 7) is 3.31. The third kappa shape index (κ3) is 2.89. The summed E-state index contributed by atoms with van der Waals surface area (Å²) >= 11 is 0. The summed E-state index contributed by atoms with van der Waals surface area (Å²) in [6, 6.07) is 2.94. The van der Waals surface area contributed by atoms with Crippen LogP contribution in [0, 0.1) is 12.8 Å². The maximum atomic E-state index is 12.2. The number of hydrogen-bond acceptors (Lipinski definition) is 3. The number of H-pyrrole nitrogens is 1. The van der Waals surface area contributed by atoms with E-state index < -0.39 is 0 Å². The highest BCUT2D eigenvalue weighted by molar-refractivity contribution is 5.95. The Morgan fingerprint density at radius 1 is 1.52 bits per heavy atom. The number of rotatable bonds is 3. The Morgan fingerprint density at radius 3 is 3.19 bits per heavy atom. The molecule has 1 aliphatic heterocycles. The molecule has 2 aromatic rings. The van der Waals surface area contributed by atoms with Gasteiger partial charge in [0.05, 0.1) is 5.56 Å². The van der Waals surface area contributed by atoms with E-state index >= 15 is 0 Å². The van der Waals surface area contributed by atoms with Crippen LogP contribution in [-0.2, 0) is 13.0 Å². The first-order valence-corrected chi connectivity index (χ1v) is 7.11. The van der Waals surface area contributed by atoms with Gasteiger partial charge in [-0.3, -0.25) is 9.59 Å². The SMILES string of the molecule is Cc1[nH]c(=O)ccc1C(=O)NCC1CCn2ccnc2C1. The molecule has 1 amide bonds. The largest absolute Gasteiger partial charge is 0.352 e. The van der Waals surface area contributed by atoms with Crippen molar-refractivity contribution in [3.63, 3.8) is 0 Å². The minimum Gasteiger partial charge on any atom is -0.352 e. The lowest BCUT2D eigenvalue weighted by molar-refractivity contribution is 0.0943. The van der Waals surface area contributed by atoms with Crippen LogP contribution in [0.25, 0.3) is 0 Å². The summed E-state index contributed by atoms with van der Waals surface area (Å²) < 4.78 is 2.16. The van der Waals surface area contributed by atoms with E-state index in [0.29, 0.717) is 23.7 Å². The standard InChI is InChI=1S/C15H18N4O2/c1-10-12(2-3-14(20)18-10)15(21)17-9-11-4-6-19-7-5-16-13(19)8-11/h2-3,5,7,11H,4,6,8-9H2,1H3,(H,17,21)(H,18,20). The van der Waals surface area contributed by atoms with Crippen LogP contribution in [0.3, 0.4) is 0 Å². The Morgan fingerprint density at radius 2 is 2.38 bits per heavy atom. The zero-order valence-electron chi connectivity index (χ0n) is 11.9. The van der Waals surface area contributed by atoms with Crippen LogP contribution in [0.1, 0.15) is 28.3 Å². The molecule has 6 heteroatoms. The number of pyridine rings is 1. The molecule has 0 saturated heterocycles. The molecular weight excluding hydrogens is 268 g/mol. The number of imidazole rings is 1. The number of nitrogens with zero attached hydrogens (tertiary/aromatic N) is 2. The quantitative estimate of drug-likeness (QED) is 0.878. The molecule has 3 rings (SSSR count). The van der Waals surface area contributed by atoms with Crippen LogP contribution in [-0.4, -0.2) is 27.0 Å². The van der Waals surface area contributed by atoms with Crippen molar-refractivity contribution in [3.05, 3.63) is 52.0 Å². The summed E-state index contributed by atoms with van der Waals surface area (Å²) in [6.07, 6.45) is 5.74. The van der Waals surface area contributed by atoms with Crippen molar-refractivity contribution in [1.29, 1.82) is 0 Å². The first-order valence-electron chi connectivity index (χ1n) is 7.11. The topological polar surface area (TPSA) is 79.8 Å². The molecule has 1 aliphatic rings. The first-order chi connectivity index (χ1) is 10.1. The van der Waals surface area contributed by atoms with Crippen LogP contribution >= 0.6 is 0 Å². The Labute approximate surface area is 122 Å². The van der Waals surface area contributed by atoms with Crippen molar-refractivity contribution < 1.29 is 4.79 Å². The number of hydrogen-bond donors (Lipinski definition) is 2. The molecule has 0 radical (unpaired) electrons. The second-order valence-corrected chi connectivity index (χ2v) is 5.47. The van der Waals surface area contributed by atoms with Gasteiger partial charge in [-0.05, 0) is 25.3 Å². The van der Waals surface area contributed by atoms with E-state index in [1.165, 1.54) is 6.07 Å². The Kier molecular flexibility index (Phi) is 3.60. The summed E-state index contributed by atoms with van der Waals surface area (Å²) in [4.78, 5) is 30.3. The molecule has 2 N–H and O–H groups in total. The predicted molar refractivity (Wildman–Crippen MR) is 78.2 cm³/mol. The number of aromatic amines is 1. The average Bonchev–Trinajstić information content (AvgIpc) is 2.92. The Bertz CT molecular complexity index is 716. The highest BCUT2D eigenvalue weighted by Crippen LogP contribution is 2.18. The minimum absolute atomic E-state index is 0.141. The maximum Gasteiger partial charge on any atom is 0.253 e. The van der Waals surface area contributed by atoms with Crippen molar-refractivity contribution in [1.82, 2.24) is 19.9 Å². The molecule has 110 valence electrons. The maximum absolute atomic E-state index is 12.2. The fourth-order valence-electron chi connectivity index (χ4n) is 2.75. The van der Waals surface area contributed by atoms with Crippen LogP contribution < -0.4 is 10.9 Å². The van der Waals surface area contributed by atoms with Crippen molar-refractivity contribution in [2.24, 2.45) is 5.92 Å². The van der Waals surface area contributed by atoms with E-state index in [1.54, 1.807) is 13.0 Å². The fraction of sp³-hybridized carbons (Fsp3) is 0.400. The highest BCUT2D eigenvalue weighted by atomic mass is 16.1. The molecule has 0 saturated carbocycles. The molecule has 1 atom stereocenters. The smallest absolute Gasteiger partial charge is 0.253 e. The monoisotopic (exact) mass is 286 g/mol. The van der Waals surface area contributed by atoms with Crippen molar-refractivity contribution in [3.8, 4) is 0 Å². The summed E-state index contributed by atoms with van der Waals surface area (Å²) in [5.74, 6) is 1.35. The Balaban J connectivity index is 1.60. The van der Waals surface area contributed by atoms with Crippen molar-refractivity contribution in [2.75, 3.05) is 6.54 Å². The van der Waals surface area contributed by atoms with Crippen LogP contribution in [0.4, 0.5) is 0 Å². The van der Waals surface area contributed by atoms with Gasteiger partial charge in [0.15, 0.2) is 0 Å². The lowest BCUT2D eigenvalue weighted by Crippen LogP contribution is -2.33. The molecule has 0 aromatic carbocycles. The van der Waals surface area contributed by atoms with Gasteiger partial charge in [0.2, 0.25) is 5.56 Å². The van der Waals surface area contributed by atoms with Crippen LogP contribution in [0.15, 0.2) is 29.3 Å². The number of fused-ring (bicyclic) bond motifs is 1. The molecule has 3 heterocycles. The van der Waals surface area contributed by atoms with Gasteiger partial charge < -0.3 is 14.9 Å². The molecule has 6 nitrogen and oxygen atoms in total. The molecule has 0 spiro atoms. The van der Waals surface area contributed by atoms with Gasteiger partial charge in [-0.25, -0.2) is 4.98 Å². The van der Waals surface area contributed by atoms with E-state index in [9.17, 15) is 9.59 Å². The zero-order valence-corrected chi connectivity index (χ0v) is 11.9. The van der Waals surface area contributed by atoms with Crippen LogP contribution in [0.2, 0.25) is 0 Å². The third-order valence-electron chi connectivity index (χ3n) is 3.96. The van der Waals surface area contributed by atoms with Gasteiger partial charge in [0.25, 0.3) is 5.91 Å². The van der Waals surface area contributed by atoms with E-state index in [2.05, 4.69) is 19.9 Å². The lowest BCUT2D eigenvalue weighted by atomic mass is 9.97. The van der Waals surface area contributed by atoms with Crippen molar-refractivity contribution >= 4 is 5.91 Å². The van der Waals surface area contributed by atoms with Gasteiger partial charge in [-0.1, -0.05) is 0 Å². The number of carbonyl (C=O) groups is 1. The number of nitrogens with one attached hydrogen (secondary N) is 2. The second kappa shape index (κ2) is 5.55. The van der Waals surface area contributed by atoms with Crippen molar-refractivity contribution in [2.45, 2.75) is 26.3 Å². The highest BCUT2D eigenvalue weighted by Gasteiger charge is 2.20. The van der Waals surface area contributed by atoms with E-state index in [-0.39, 0.29) is 11.5 Å². The van der Waals surface area contributed by atoms with Gasteiger partial charge >= 0.3 is 0 Å². The molecular formula is C15H18N4O2. The minimum atomic E-state index is -0.192. The zero-order chi connectivity index (χ0) is 14.8. The van der Waals surface area contributed by atoms with E-state index in [4.69, 9.17) is 0 Å². The third-order valence-corrected chi connectivity index (χ3v) is 3.96. The fourth-order valence-corrected chi connectivity index (χ4v) is 2.75. The van der Waals surface area contributed by atoms with Crippen LogP contribution in [0.5, 0.6) is 0 Å². The molecule has 1 unspecified atom stereocenters. The van der Waals surface area contributed by atoms with Gasteiger partial charge in [0, 0.05) is 43.7 Å². The lowest BCUT2D eigenvalue weighted by Gasteiger charge is -2.23. The number of amides is 1. The molecule has 2 aromatic heterocycles. The average molecular weight is 286 g/mol. The molecule has 0 fully saturated rings. The summed E-state index contributed by atoms with van der Waals surface area (Å²) in [5.41, 5.74) is 0.925. The van der Waals surface area contributed by atoms with E-state index in [1.807, 2.05) is 12.4 Å². The van der Waals surface area contributed by atoms with E-state index in [0.717, 1.165) is 25.2 Å².